The third kappa shape index (κ3) is 1.98. The van der Waals surface area contributed by atoms with Crippen LogP contribution in [0.3, 0.4) is 0 Å². The zero-order chi connectivity index (χ0) is 11.8. The Morgan fingerprint density at radius 1 is 1.18 bits per heavy atom. The van der Waals surface area contributed by atoms with Crippen LogP contribution in [0.1, 0.15) is 0 Å². The van der Waals surface area contributed by atoms with Crippen molar-refractivity contribution >= 4 is 32.8 Å². The van der Waals surface area contributed by atoms with Crippen molar-refractivity contribution in [3.05, 3.63) is 23.6 Å². The van der Waals surface area contributed by atoms with E-state index in [0.717, 1.165) is 31.9 Å². The topological polar surface area (TPSA) is 32.5 Å². The number of likely N-dealkylation sites (N-methyl/N-ethyl adjacent to an activating group) is 1. The maximum atomic E-state index is 5.82. The number of hydrogen-bond donors (Lipinski definition) is 1. The zero-order valence-corrected chi connectivity index (χ0v) is 10.8. The Hall–Kier alpha value is -1.26. The van der Waals surface area contributed by atoms with E-state index in [1.807, 2.05) is 6.07 Å². The second-order valence-corrected chi connectivity index (χ2v) is 5.58. The molecule has 1 fully saturated rings. The fourth-order valence-electron chi connectivity index (χ4n) is 2.32. The molecule has 0 radical (unpaired) electrons. The summed E-state index contributed by atoms with van der Waals surface area (Å²) in [6.45, 7) is 4.53. The van der Waals surface area contributed by atoms with Crippen molar-refractivity contribution in [3.8, 4) is 0 Å². The predicted molar refractivity (Wildman–Crippen MR) is 75.9 cm³/mol. The van der Waals surface area contributed by atoms with Crippen LogP contribution in [-0.4, -0.2) is 38.1 Å². The normalized spacial score (nSPS) is 17.8. The number of hydrogen-bond acceptors (Lipinski definition) is 4. The quantitative estimate of drug-likeness (QED) is 0.784. The first-order chi connectivity index (χ1) is 8.24. The molecular formula is C13H17N3S. The third-order valence-electron chi connectivity index (χ3n) is 3.42. The summed E-state index contributed by atoms with van der Waals surface area (Å²) in [4.78, 5) is 4.86. The molecule has 2 heterocycles. The summed E-state index contributed by atoms with van der Waals surface area (Å²) in [5, 5.41) is 3.60. The Kier molecular flexibility index (Phi) is 2.68. The van der Waals surface area contributed by atoms with Gasteiger partial charge < -0.3 is 15.5 Å². The summed E-state index contributed by atoms with van der Waals surface area (Å²) in [5.74, 6) is 0. The van der Waals surface area contributed by atoms with Gasteiger partial charge in [0.15, 0.2) is 0 Å². The molecule has 1 aliphatic heterocycles. The third-order valence-corrected chi connectivity index (χ3v) is 4.36. The van der Waals surface area contributed by atoms with Gasteiger partial charge in [0, 0.05) is 47.3 Å². The summed E-state index contributed by atoms with van der Waals surface area (Å²) < 4.78 is 1.29. The molecule has 0 aliphatic carbocycles. The standard InChI is InChI=1S/C13H17N3S/c1-15-4-6-16(7-5-15)12-9-17-13-8-10(14)2-3-11(12)13/h2-3,8-9H,4-7,14H2,1H3. The van der Waals surface area contributed by atoms with E-state index in [4.69, 9.17) is 5.73 Å². The van der Waals surface area contributed by atoms with E-state index >= 15 is 0 Å². The van der Waals surface area contributed by atoms with Gasteiger partial charge in [0.2, 0.25) is 0 Å². The van der Waals surface area contributed by atoms with Crippen LogP contribution in [0, 0.1) is 0 Å². The smallest absolute Gasteiger partial charge is 0.0555 e. The summed E-state index contributed by atoms with van der Waals surface area (Å²) in [7, 11) is 2.18. The maximum absolute atomic E-state index is 5.82. The summed E-state index contributed by atoms with van der Waals surface area (Å²) in [5.41, 5.74) is 8.04. The van der Waals surface area contributed by atoms with Crippen LogP contribution in [0.15, 0.2) is 23.6 Å². The summed E-state index contributed by atoms with van der Waals surface area (Å²) in [6, 6.07) is 6.21. The van der Waals surface area contributed by atoms with E-state index in [1.54, 1.807) is 11.3 Å². The van der Waals surface area contributed by atoms with Gasteiger partial charge in [-0.25, -0.2) is 0 Å². The van der Waals surface area contributed by atoms with E-state index in [-0.39, 0.29) is 0 Å². The number of nitrogens with two attached hydrogens (primary N) is 1. The zero-order valence-electron chi connectivity index (χ0n) is 10.0. The average Bonchev–Trinajstić information content (AvgIpc) is 2.73. The van der Waals surface area contributed by atoms with Crippen LogP contribution in [0.4, 0.5) is 11.4 Å². The van der Waals surface area contributed by atoms with Crippen molar-refractivity contribution < 1.29 is 0 Å². The highest BCUT2D eigenvalue weighted by molar-refractivity contribution is 7.17. The first-order valence-corrected chi connectivity index (χ1v) is 6.82. The highest BCUT2D eigenvalue weighted by atomic mass is 32.1. The lowest BCUT2D eigenvalue weighted by Crippen LogP contribution is -2.44. The molecule has 2 N–H and O–H groups in total. The minimum Gasteiger partial charge on any atom is -0.399 e. The lowest BCUT2D eigenvalue weighted by molar-refractivity contribution is 0.313. The molecule has 1 aliphatic rings. The molecule has 0 atom stereocenters. The largest absolute Gasteiger partial charge is 0.399 e. The molecule has 0 bridgehead atoms. The molecule has 17 heavy (non-hydrogen) atoms. The number of fused-ring (bicyclic) bond motifs is 1. The van der Waals surface area contributed by atoms with Crippen molar-refractivity contribution in [2.24, 2.45) is 0 Å². The minimum absolute atomic E-state index is 0.851. The number of benzene rings is 1. The summed E-state index contributed by atoms with van der Waals surface area (Å²) >= 11 is 1.79. The van der Waals surface area contributed by atoms with Crippen LogP contribution >= 0.6 is 11.3 Å². The fraction of sp³-hybridized carbons (Fsp3) is 0.385. The van der Waals surface area contributed by atoms with E-state index in [2.05, 4.69) is 34.4 Å². The van der Waals surface area contributed by atoms with Crippen LogP contribution in [-0.2, 0) is 0 Å². The highest BCUT2D eigenvalue weighted by Gasteiger charge is 2.17. The predicted octanol–water partition coefficient (Wildman–Crippen LogP) is 2.24. The molecule has 1 aromatic heterocycles. The molecule has 90 valence electrons. The number of nitrogen functional groups attached to an aromatic ring is 1. The monoisotopic (exact) mass is 247 g/mol. The molecule has 0 amide bonds. The molecule has 0 spiro atoms. The van der Waals surface area contributed by atoms with Crippen molar-refractivity contribution in [1.29, 1.82) is 0 Å². The van der Waals surface area contributed by atoms with Crippen LogP contribution < -0.4 is 10.6 Å². The molecule has 2 aromatic rings. The minimum atomic E-state index is 0.851. The lowest BCUT2D eigenvalue weighted by Gasteiger charge is -2.33. The Bertz CT molecular complexity index is 526. The Balaban J connectivity index is 1.95. The van der Waals surface area contributed by atoms with Crippen LogP contribution in [0.2, 0.25) is 0 Å². The molecule has 0 saturated carbocycles. The number of nitrogens with zero attached hydrogens (tertiary/aromatic N) is 2. The van der Waals surface area contributed by atoms with Gasteiger partial charge in [0.05, 0.1) is 5.69 Å². The van der Waals surface area contributed by atoms with Gasteiger partial charge >= 0.3 is 0 Å². The number of thiophene rings is 1. The number of piperazine rings is 1. The molecule has 3 rings (SSSR count). The molecule has 3 nitrogen and oxygen atoms in total. The van der Waals surface area contributed by atoms with Crippen LogP contribution in [0.5, 0.6) is 0 Å². The van der Waals surface area contributed by atoms with Gasteiger partial charge in [-0.1, -0.05) is 0 Å². The van der Waals surface area contributed by atoms with Gasteiger partial charge in [0.25, 0.3) is 0 Å². The summed E-state index contributed by atoms with van der Waals surface area (Å²) in [6.07, 6.45) is 0. The van der Waals surface area contributed by atoms with Crippen LogP contribution in [0.25, 0.3) is 10.1 Å². The van der Waals surface area contributed by atoms with E-state index < -0.39 is 0 Å². The van der Waals surface area contributed by atoms with Gasteiger partial charge in [0.1, 0.15) is 0 Å². The number of rotatable bonds is 1. The van der Waals surface area contributed by atoms with Crippen molar-refractivity contribution in [1.82, 2.24) is 4.90 Å². The van der Waals surface area contributed by atoms with Gasteiger partial charge in [-0.05, 0) is 25.2 Å². The van der Waals surface area contributed by atoms with Crippen molar-refractivity contribution in [2.75, 3.05) is 43.9 Å². The lowest BCUT2D eigenvalue weighted by atomic mass is 10.2. The molecule has 1 aromatic carbocycles. The van der Waals surface area contributed by atoms with Gasteiger partial charge in [-0.15, -0.1) is 11.3 Å². The molecule has 1 saturated heterocycles. The second kappa shape index (κ2) is 4.20. The van der Waals surface area contributed by atoms with E-state index in [1.165, 1.54) is 15.8 Å². The first kappa shape index (κ1) is 10.9. The first-order valence-electron chi connectivity index (χ1n) is 5.94. The second-order valence-electron chi connectivity index (χ2n) is 4.67. The van der Waals surface area contributed by atoms with Gasteiger partial charge in [-0.2, -0.15) is 0 Å². The fourth-order valence-corrected chi connectivity index (χ4v) is 3.34. The Morgan fingerprint density at radius 3 is 2.71 bits per heavy atom. The van der Waals surface area contributed by atoms with Crippen molar-refractivity contribution in [2.45, 2.75) is 0 Å². The molecule has 4 heteroatoms. The average molecular weight is 247 g/mol. The Labute approximate surface area is 105 Å². The van der Waals surface area contributed by atoms with Gasteiger partial charge in [-0.3, -0.25) is 0 Å². The highest BCUT2D eigenvalue weighted by Crippen LogP contribution is 2.34. The van der Waals surface area contributed by atoms with Crippen molar-refractivity contribution in [3.63, 3.8) is 0 Å². The van der Waals surface area contributed by atoms with E-state index in [9.17, 15) is 0 Å². The van der Waals surface area contributed by atoms with E-state index in [0.29, 0.717) is 0 Å². The molecular weight excluding hydrogens is 230 g/mol. The SMILES string of the molecule is CN1CCN(c2csc3cc(N)ccc23)CC1. The Morgan fingerprint density at radius 2 is 1.94 bits per heavy atom. The maximum Gasteiger partial charge on any atom is 0.0555 e. The number of anilines is 2. The molecule has 0 unspecified atom stereocenters.